The number of carbonyl (C=O) groups excluding carboxylic acids is 2. The summed E-state index contributed by atoms with van der Waals surface area (Å²) >= 11 is 0. The number of amides is 2. The molecule has 10 nitrogen and oxygen atoms in total. The van der Waals surface area contributed by atoms with E-state index in [-0.39, 0.29) is 24.0 Å². The molecule has 0 aromatic carbocycles. The molecule has 1 N–H and O–H groups in total. The highest BCUT2D eigenvalue weighted by Crippen LogP contribution is 2.25. The van der Waals surface area contributed by atoms with E-state index in [0.29, 0.717) is 38.7 Å². The van der Waals surface area contributed by atoms with E-state index in [0.717, 1.165) is 12.8 Å². The lowest BCUT2D eigenvalue weighted by Gasteiger charge is -2.34. The summed E-state index contributed by atoms with van der Waals surface area (Å²) in [7, 11) is 0. The smallest absolute Gasteiger partial charge is 0.410 e. The maximum atomic E-state index is 12.3. The second-order valence-corrected chi connectivity index (χ2v) is 7.72. The van der Waals surface area contributed by atoms with Gasteiger partial charge in [0.15, 0.2) is 0 Å². The molecule has 144 valence electrons. The Morgan fingerprint density at radius 3 is 2.81 bits per heavy atom. The molecule has 0 spiro atoms. The predicted octanol–water partition coefficient (Wildman–Crippen LogP) is 1.22. The van der Waals surface area contributed by atoms with Crippen molar-refractivity contribution in [1.82, 2.24) is 25.1 Å². The van der Waals surface area contributed by atoms with Crippen LogP contribution in [0, 0.1) is 5.92 Å². The first kappa shape index (κ1) is 18.6. The van der Waals surface area contributed by atoms with E-state index >= 15 is 0 Å². The molecule has 2 unspecified atom stereocenters. The van der Waals surface area contributed by atoms with E-state index in [1.54, 1.807) is 9.58 Å². The molecular formula is C16H26N6O4. The Bertz CT molecular complexity index is 649. The van der Waals surface area contributed by atoms with Crippen molar-refractivity contribution in [3.63, 3.8) is 0 Å². The van der Waals surface area contributed by atoms with Crippen molar-refractivity contribution in [2.45, 2.75) is 51.7 Å². The number of ether oxygens (including phenoxy) is 2. The molecule has 0 bridgehead atoms. The van der Waals surface area contributed by atoms with Gasteiger partial charge in [0.1, 0.15) is 5.60 Å². The van der Waals surface area contributed by atoms with Crippen LogP contribution in [-0.4, -0.2) is 69.0 Å². The van der Waals surface area contributed by atoms with E-state index in [4.69, 9.17) is 9.47 Å². The summed E-state index contributed by atoms with van der Waals surface area (Å²) in [4.78, 5) is 26.3. The monoisotopic (exact) mass is 366 g/mol. The number of piperidine rings is 1. The van der Waals surface area contributed by atoms with E-state index in [1.165, 1.54) is 0 Å². The van der Waals surface area contributed by atoms with Gasteiger partial charge in [-0.1, -0.05) is 5.10 Å². The van der Waals surface area contributed by atoms with E-state index in [1.807, 2.05) is 20.8 Å². The largest absolute Gasteiger partial charge is 0.444 e. The van der Waals surface area contributed by atoms with Gasteiger partial charge in [-0.2, -0.15) is 0 Å². The van der Waals surface area contributed by atoms with Crippen molar-refractivity contribution in [1.29, 1.82) is 0 Å². The fourth-order valence-corrected chi connectivity index (χ4v) is 3.12. The third-order valence-electron chi connectivity index (χ3n) is 4.42. The molecular weight excluding hydrogens is 340 g/mol. The number of nitrogens with one attached hydrogen (secondary N) is 1. The maximum Gasteiger partial charge on any atom is 0.410 e. The first-order chi connectivity index (χ1) is 12.3. The molecule has 2 aliphatic rings. The molecule has 2 fully saturated rings. The average Bonchev–Trinajstić information content (AvgIpc) is 3.25. The summed E-state index contributed by atoms with van der Waals surface area (Å²) in [5.74, 6) is -0.0129. The van der Waals surface area contributed by atoms with Crippen LogP contribution in [0.1, 0.15) is 46.1 Å². The molecule has 0 aliphatic carbocycles. The summed E-state index contributed by atoms with van der Waals surface area (Å²) in [6.45, 7) is 7.61. The molecule has 2 amide bonds. The highest BCUT2D eigenvalue weighted by molar-refractivity contribution is 5.91. The highest BCUT2D eigenvalue weighted by Gasteiger charge is 2.31. The summed E-state index contributed by atoms with van der Waals surface area (Å²) in [6, 6.07) is -0.110. The van der Waals surface area contributed by atoms with Crippen LogP contribution >= 0.6 is 0 Å². The molecule has 3 rings (SSSR count). The molecule has 26 heavy (non-hydrogen) atoms. The van der Waals surface area contributed by atoms with Gasteiger partial charge in [-0.3, -0.25) is 10.1 Å². The van der Waals surface area contributed by atoms with E-state index in [2.05, 4.69) is 20.8 Å². The quantitative estimate of drug-likeness (QED) is 0.856. The third kappa shape index (κ3) is 4.48. The molecule has 1 aromatic heterocycles. The number of carbonyl (C=O) groups is 2. The van der Waals surface area contributed by atoms with Gasteiger partial charge in [0, 0.05) is 19.7 Å². The maximum absolute atomic E-state index is 12.3. The summed E-state index contributed by atoms with van der Waals surface area (Å²) in [5, 5.41) is 14.4. The summed E-state index contributed by atoms with van der Waals surface area (Å²) < 4.78 is 12.3. The van der Waals surface area contributed by atoms with Gasteiger partial charge in [-0.05, 0) is 50.5 Å². The van der Waals surface area contributed by atoms with Crippen molar-refractivity contribution >= 4 is 17.9 Å². The van der Waals surface area contributed by atoms with Crippen LogP contribution in [0.5, 0.6) is 0 Å². The molecule has 2 saturated heterocycles. The van der Waals surface area contributed by atoms with Gasteiger partial charge in [-0.25, -0.2) is 9.48 Å². The minimum atomic E-state index is -0.540. The third-order valence-corrected chi connectivity index (χ3v) is 4.42. The first-order valence-electron chi connectivity index (χ1n) is 8.98. The van der Waals surface area contributed by atoms with Gasteiger partial charge < -0.3 is 14.4 Å². The van der Waals surface area contributed by atoms with Crippen molar-refractivity contribution in [2.24, 2.45) is 5.92 Å². The topological polar surface area (TPSA) is 111 Å². The molecule has 2 atom stereocenters. The van der Waals surface area contributed by atoms with E-state index in [9.17, 15) is 9.59 Å². The standard InChI is InChI=1S/C16H26N6O4/c1-16(2,3)26-15(24)21-7-4-5-12(9-21)22-14(18-19-20-22)17-13(23)11-6-8-25-10-11/h11-12H,4-10H2,1-3H3,(H,17,18,20,23). The number of anilines is 1. The lowest BCUT2D eigenvalue weighted by Crippen LogP contribution is -2.43. The molecule has 2 aliphatic heterocycles. The number of rotatable bonds is 3. The SMILES string of the molecule is CC(C)(C)OC(=O)N1CCCC(n2nnnc2NC(=O)C2CCOC2)C1. The van der Waals surface area contributed by atoms with Crippen LogP contribution in [-0.2, 0) is 14.3 Å². The number of hydrogen-bond donors (Lipinski definition) is 1. The lowest BCUT2D eigenvalue weighted by atomic mass is 10.1. The van der Waals surface area contributed by atoms with Crippen LogP contribution in [0.25, 0.3) is 0 Å². The van der Waals surface area contributed by atoms with E-state index < -0.39 is 5.60 Å². The van der Waals surface area contributed by atoms with Gasteiger partial charge in [0.05, 0.1) is 18.6 Å². The van der Waals surface area contributed by atoms with Crippen molar-refractivity contribution in [3.8, 4) is 0 Å². The fourth-order valence-electron chi connectivity index (χ4n) is 3.12. The summed E-state index contributed by atoms with van der Waals surface area (Å²) in [6.07, 6.45) is 1.99. The van der Waals surface area contributed by atoms with Gasteiger partial charge >= 0.3 is 6.09 Å². The van der Waals surface area contributed by atoms with Crippen LogP contribution in [0.3, 0.4) is 0 Å². The van der Waals surface area contributed by atoms with Crippen molar-refractivity contribution in [2.75, 3.05) is 31.6 Å². The van der Waals surface area contributed by atoms with Gasteiger partial charge in [0.2, 0.25) is 11.9 Å². The predicted molar refractivity (Wildman–Crippen MR) is 91.5 cm³/mol. The first-order valence-corrected chi connectivity index (χ1v) is 8.98. The molecule has 0 saturated carbocycles. The van der Waals surface area contributed by atoms with Crippen LogP contribution in [0.4, 0.5) is 10.7 Å². The van der Waals surface area contributed by atoms with Crippen molar-refractivity contribution in [3.05, 3.63) is 0 Å². The fraction of sp³-hybridized carbons (Fsp3) is 0.812. The zero-order valence-corrected chi connectivity index (χ0v) is 15.5. The van der Waals surface area contributed by atoms with Crippen LogP contribution in [0.15, 0.2) is 0 Å². The van der Waals surface area contributed by atoms with Gasteiger partial charge in [-0.15, -0.1) is 0 Å². The normalized spacial score (nSPS) is 23.7. The molecule has 3 heterocycles. The highest BCUT2D eigenvalue weighted by atomic mass is 16.6. The Morgan fingerprint density at radius 2 is 2.12 bits per heavy atom. The Labute approximate surface area is 152 Å². The zero-order chi connectivity index (χ0) is 18.7. The van der Waals surface area contributed by atoms with Crippen LogP contribution < -0.4 is 5.32 Å². The lowest BCUT2D eigenvalue weighted by molar-refractivity contribution is -0.119. The zero-order valence-electron chi connectivity index (χ0n) is 15.5. The minimum absolute atomic E-state index is 0.110. The molecule has 10 heteroatoms. The molecule has 1 aromatic rings. The minimum Gasteiger partial charge on any atom is -0.444 e. The summed E-state index contributed by atoms with van der Waals surface area (Å²) in [5.41, 5.74) is -0.540. The Hall–Kier alpha value is -2.23. The number of likely N-dealkylation sites (tertiary alicyclic amines) is 1. The number of hydrogen-bond acceptors (Lipinski definition) is 7. The second-order valence-electron chi connectivity index (χ2n) is 7.72. The molecule has 0 radical (unpaired) electrons. The Balaban J connectivity index is 1.64. The number of nitrogens with zero attached hydrogens (tertiary/aromatic N) is 5. The Morgan fingerprint density at radius 1 is 1.31 bits per heavy atom. The Kier molecular flexibility index (Phi) is 5.40. The second kappa shape index (κ2) is 7.56. The van der Waals surface area contributed by atoms with Crippen LogP contribution in [0.2, 0.25) is 0 Å². The number of tetrazole rings is 1. The van der Waals surface area contributed by atoms with Gasteiger partial charge in [0.25, 0.3) is 0 Å². The average molecular weight is 366 g/mol. The van der Waals surface area contributed by atoms with Crippen molar-refractivity contribution < 1.29 is 19.1 Å². The number of aromatic nitrogens is 4.